The van der Waals surface area contributed by atoms with Crippen molar-refractivity contribution >= 4 is 22.6 Å². The van der Waals surface area contributed by atoms with Crippen molar-refractivity contribution < 1.29 is 0 Å². The highest BCUT2D eigenvalue weighted by Gasteiger charge is 2.09. The molecule has 2 aromatic heterocycles. The number of pyridine rings is 2. The van der Waals surface area contributed by atoms with Crippen molar-refractivity contribution in [3.8, 4) is 6.07 Å². The van der Waals surface area contributed by atoms with E-state index in [1.165, 1.54) is 6.20 Å². The number of aromatic nitrogens is 2. The van der Waals surface area contributed by atoms with Gasteiger partial charge in [0, 0.05) is 11.9 Å². The third-order valence-electron chi connectivity index (χ3n) is 2.20. The lowest BCUT2D eigenvalue weighted by molar-refractivity contribution is 1.20. The van der Waals surface area contributed by atoms with Crippen LogP contribution in [0.4, 0.5) is 0 Å². The second kappa shape index (κ2) is 3.48. The number of hydrogen-bond acceptors (Lipinski definition) is 3. The van der Waals surface area contributed by atoms with E-state index in [4.69, 9.17) is 16.9 Å². The standard InChI is InChI=1S/C11H8ClN3/c1-6-3-7(2)15-11-9(12)8(4-13)5-14-10(6)11/h3,5H,1-2H3. The maximum absolute atomic E-state index is 8.81. The van der Waals surface area contributed by atoms with E-state index >= 15 is 0 Å². The quantitative estimate of drug-likeness (QED) is 0.682. The molecule has 0 fully saturated rings. The van der Waals surface area contributed by atoms with Crippen LogP contribution in [0.3, 0.4) is 0 Å². The van der Waals surface area contributed by atoms with Crippen molar-refractivity contribution in [3.63, 3.8) is 0 Å². The summed E-state index contributed by atoms with van der Waals surface area (Å²) >= 11 is 6.06. The topological polar surface area (TPSA) is 49.6 Å². The van der Waals surface area contributed by atoms with Gasteiger partial charge >= 0.3 is 0 Å². The maximum Gasteiger partial charge on any atom is 0.109 e. The largest absolute Gasteiger partial charge is 0.253 e. The fourth-order valence-corrected chi connectivity index (χ4v) is 1.76. The summed E-state index contributed by atoms with van der Waals surface area (Å²) in [6.07, 6.45) is 1.48. The fraction of sp³-hybridized carbons (Fsp3) is 0.182. The fourth-order valence-electron chi connectivity index (χ4n) is 1.54. The Morgan fingerprint density at radius 3 is 2.73 bits per heavy atom. The molecule has 0 atom stereocenters. The minimum Gasteiger partial charge on any atom is -0.253 e. The summed E-state index contributed by atoms with van der Waals surface area (Å²) in [6.45, 7) is 3.84. The Kier molecular flexibility index (Phi) is 2.29. The highest BCUT2D eigenvalue weighted by Crippen LogP contribution is 2.25. The molecule has 2 rings (SSSR count). The summed E-state index contributed by atoms with van der Waals surface area (Å²) in [6, 6.07) is 3.93. The van der Waals surface area contributed by atoms with Crippen LogP contribution in [-0.4, -0.2) is 9.97 Å². The summed E-state index contributed by atoms with van der Waals surface area (Å²) in [5, 5.41) is 9.20. The Hall–Kier alpha value is -1.66. The minimum absolute atomic E-state index is 0.363. The Labute approximate surface area is 92.3 Å². The van der Waals surface area contributed by atoms with Gasteiger partial charge in [-0.2, -0.15) is 5.26 Å². The zero-order valence-electron chi connectivity index (χ0n) is 8.37. The Morgan fingerprint density at radius 2 is 2.07 bits per heavy atom. The number of nitriles is 1. The second-order valence-electron chi connectivity index (χ2n) is 3.38. The molecule has 3 nitrogen and oxygen atoms in total. The predicted molar refractivity (Wildman–Crippen MR) is 58.7 cm³/mol. The Morgan fingerprint density at radius 1 is 1.33 bits per heavy atom. The number of rotatable bonds is 0. The molecule has 2 aromatic rings. The highest BCUT2D eigenvalue weighted by atomic mass is 35.5. The third-order valence-corrected chi connectivity index (χ3v) is 2.58. The zero-order chi connectivity index (χ0) is 11.0. The van der Waals surface area contributed by atoms with Gasteiger partial charge in [-0.3, -0.25) is 4.98 Å². The maximum atomic E-state index is 8.81. The number of aryl methyl sites for hydroxylation is 2. The summed E-state index contributed by atoms with van der Waals surface area (Å²) in [7, 11) is 0. The van der Waals surface area contributed by atoms with Crippen LogP contribution in [0.25, 0.3) is 11.0 Å². The average Bonchev–Trinajstić information content (AvgIpc) is 2.19. The molecule has 0 aromatic carbocycles. The molecule has 0 aliphatic rings. The van der Waals surface area contributed by atoms with Crippen molar-refractivity contribution in [1.82, 2.24) is 9.97 Å². The van der Waals surface area contributed by atoms with E-state index in [1.54, 1.807) is 0 Å². The van der Waals surface area contributed by atoms with Gasteiger partial charge in [0.1, 0.15) is 11.6 Å². The molecule has 0 spiro atoms. The molecule has 74 valence electrons. The molecular weight excluding hydrogens is 210 g/mol. The Bertz CT molecular complexity index is 584. The van der Waals surface area contributed by atoms with Crippen LogP contribution < -0.4 is 0 Å². The summed E-state index contributed by atoms with van der Waals surface area (Å²) in [5.41, 5.74) is 3.61. The minimum atomic E-state index is 0.363. The molecule has 0 bridgehead atoms. The lowest BCUT2D eigenvalue weighted by Gasteiger charge is -2.04. The SMILES string of the molecule is Cc1cc(C)c2ncc(C#N)c(Cl)c2n1. The molecule has 0 aliphatic heterocycles. The first-order valence-corrected chi connectivity index (χ1v) is 4.84. The molecule has 2 heterocycles. The molecule has 0 saturated heterocycles. The van der Waals surface area contributed by atoms with Gasteiger partial charge in [-0.25, -0.2) is 4.98 Å². The van der Waals surface area contributed by atoms with Crippen LogP contribution in [0.2, 0.25) is 5.02 Å². The highest BCUT2D eigenvalue weighted by molar-refractivity contribution is 6.36. The summed E-state index contributed by atoms with van der Waals surface area (Å²) in [4.78, 5) is 8.48. The molecule has 0 saturated carbocycles. The molecule has 4 heteroatoms. The van der Waals surface area contributed by atoms with E-state index in [0.29, 0.717) is 16.1 Å². The number of nitrogens with zero attached hydrogens (tertiary/aromatic N) is 3. The molecule has 0 N–H and O–H groups in total. The van der Waals surface area contributed by atoms with E-state index in [-0.39, 0.29) is 0 Å². The van der Waals surface area contributed by atoms with Crippen LogP contribution in [0.5, 0.6) is 0 Å². The van der Waals surface area contributed by atoms with Gasteiger partial charge in [-0.05, 0) is 25.5 Å². The lowest BCUT2D eigenvalue weighted by Crippen LogP contribution is -1.93. The first kappa shape index (κ1) is 9.88. The lowest BCUT2D eigenvalue weighted by atomic mass is 10.1. The van der Waals surface area contributed by atoms with Crippen LogP contribution in [0.15, 0.2) is 12.3 Å². The van der Waals surface area contributed by atoms with Crippen LogP contribution in [-0.2, 0) is 0 Å². The number of hydrogen-bond donors (Lipinski definition) is 0. The van der Waals surface area contributed by atoms with Crippen LogP contribution in [0, 0.1) is 25.2 Å². The van der Waals surface area contributed by atoms with Gasteiger partial charge < -0.3 is 0 Å². The van der Waals surface area contributed by atoms with Gasteiger partial charge in [-0.1, -0.05) is 11.6 Å². The average molecular weight is 218 g/mol. The first-order chi connectivity index (χ1) is 7.13. The molecule has 0 aliphatic carbocycles. The van der Waals surface area contributed by atoms with Gasteiger partial charge in [-0.15, -0.1) is 0 Å². The zero-order valence-corrected chi connectivity index (χ0v) is 9.13. The first-order valence-electron chi connectivity index (χ1n) is 4.46. The van der Waals surface area contributed by atoms with Crippen molar-refractivity contribution in [1.29, 1.82) is 5.26 Å². The summed E-state index contributed by atoms with van der Waals surface area (Å²) in [5.74, 6) is 0. The number of halogens is 1. The molecule has 0 radical (unpaired) electrons. The van der Waals surface area contributed by atoms with Crippen LogP contribution in [0.1, 0.15) is 16.8 Å². The van der Waals surface area contributed by atoms with Crippen molar-refractivity contribution in [2.45, 2.75) is 13.8 Å². The molecule has 0 amide bonds. The monoisotopic (exact) mass is 217 g/mol. The predicted octanol–water partition coefficient (Wildman–Crippen LogP) is 2.77. The van der Waals surface area contributed by atoms with Crippen molar-refractivity contribution in [2.24, 2.45) is 0 Å². The second-order valence-corrected chi connectivity index (χ2v) is 3.75. The normalized spacial score (nSPS) is 10.3. The summed E-state index contributed by atoms with van der Waals surface area (Å²) < 4.78 is 0. The molecule has 0 unspecified atom stereocenters. The van der Waals surface area contributed by atoms with E-state index in [9.17, 15) is 0 Å². The molecular formula is C11H8ClN3. The van der Waals surface area contributed by atoms with E-state index < -0.39 is 0 Å². The van der Waals surface area contributed by atoms with Gasteiger partial charge in [0.05, 0.1) is 16.1 Å². The van der Waals surface area contributed by atoms with Crippen molar-refractivity contribution in [3.05, 3.63) is 34.1 Å². The smallest absolute Gasteiger partial charge is 0.109 e. The van der Waals surface area contributed by atoms with Gasteiger partial charge in [0.15, 0.2) is 0 Å². The van der Waals surface area contributed by atoms with Crippen LogP contribution >= 0.6 is 11.6 Å². The third kappa shape index (κ3) is 1.53. The van der Waals surface area contributed by atoms with E-state index in [1.807, 2.05) is 26.0 Å². The van der Waals surface area contributed by atoms with E-state index in [0.717, 1.165) is 16.8 Å². The van der Waals surface area contributed by atoms with Crippen molar-refractivity contribution in [2.75, 3.05) is 0 Å². The molecule has 15 heavy (non-hydrogen) atoms. The number of fused-ring (bicyclic) bond motifs is 1. The Balaban J connectivity index is 2.94. The van der Waals surface area contributed by atoms with E-state index in [2.05, 4.69) is 9.97 Å². The van der Waals surface area contributed by atoms with Gasteiger partial charge in [0.2, 0.25) is 0 Å². The van der Waals surface area contributed by atoms with Gasteiger partial charge in [0.25, 0.3) is 0 Å².